The zero-order chi connectivity index (χ0) is 18.1. The van der Waals surface area contributed by atoms with Crippen molar-refractivity contribution in [2.45, 2.75) is 18.6 Å². The predicted molar refractivity (Wildman–Crippen MR) is 97.4 cm³/mol. The van der Waals surface area contributed by atoms with Crippen LogP contribution in [0.3, 0.4) is 0 Å². The highest BCUT2D eigenvalue weighted by atomic mass is 16.5. The molecule has 0 aliphatic heterocycles. The standard InChI is InChI=1S/C20H22N2O3/c1-25-18(16-12-6-3-7-13-16)20(24)22-17(19(21)23)14-8-11-15-9-4-2-5-10-15/h2-13,17-18H,14H2,1H3,(H2,21,23)(H,22,24)/b11-8+/t17-,18+/m1/s1. The van der Waals surface area contributed by atoms with Gasteiger partial charge in [-0.05, 0) is 17.5 Å². The van der Waals surface area contributed by atoms with Crippen LogP contribution in [0.1, 0.15) is 23.7 Å². The third-order valence-electron chi connectivity index (χ3n) is 3.72. The Kier molecular flexibility index (Phi) is 6.92. The first-order chi connectivity index (χ1) is 12.1. The Hall–Kier alpha value is -2.92. The number of nitrogens with one attached hydrogen (secondary N) is 1. The minimum Gasteiger partial charge on any atom is -0.368 e. The lowest BCUT2D eigenvalue weighted by Gasteiger charge is -2.19. The molecular formula is C20H22N2O3. The molecule has 0 saturated heterocycles. The van der Waals surface area contributed by atoms with E-state index < -0.39 is 24.0 Å². The molecule has 0 aromatic heterocycles. The minimum atomic E-state index is -0.797. The van der Waals surface area contributed by atoms with Crippen LogP contribution in [0.25, 0.3) is 6.08 Å². The van der Waals surface area contributed by atoms with E-state index in [-0.39, 0.29) is 0 Å². The molecule has 2 atom stereocenters. The zero-order valence-corrected chi connectivity index (χ0v) is 14.1. The first kappa shape index (κ1) is 18.4. The van der Waals surface area contributed by atoms with E-state index in [0.717, 1.165) is 5.56 Å². The number of amides is 2. The second-order valence-electron chi connectivity index (χ2n) is 5.54. The Labute approximate surface area is 147 Å². The number of carbonyl (C=O) groups is 2. The molecule has 2 aromatic rings. The minimum absolute atomic E-state index is 0.307. The van der Waals surface area contributed by atoms with Gasteiger partial charge in [-0.1, -0.05) is 72.8 Å². The van der Waals surface area contributed by atoms with Gasteiger partial charge in [-0.15, -0.1) is 0 Å². The lowest BCUT2D eigenvalue weighted by Crippen LogP contribution is -2.46. The summed E-state index contributed by atoms with van der Waals surface area (Å²) in [7, 11) is 1.45. The van der Waals surface area contributed by atoms with Gasteiger partial charge in [-0.25, -0.2) is 0 Å². The van der Waals surface area contributed by atoms with Crippen LogP contribution in [0.5, 0.6) is 0 Å². The molecule has 0 fully saturated rings. The van der Waals surface area contributed by atoms with Gasteiger partial charge < -0.3 is 15.8 Å². The molecule has 2 amide bonds. The number of rotatable bonds is 8. The van der Waals surface area contributed by atoms with E-state index in [1.54, 1.807) is 12.1 Å². The van der Waals surface area contributed by atoms with Crippen LogP contribution in [0.15, 0.2) is 66.7 Å². The van der Waals surface area contributed by atoms with Crippen molar-refractivity contribution in [2.75, 3.05) is 7.11 Å². The Bertz CT molecular complexity index is 714. The summed E-state index contributed by atoms with van der Waals surface area (Å²) in [4.78, 5) is 24.1. The molecule has 0 saturated carbocycles. The molecule has 0 aliphatic carbocycles. The fourth-order valence-corrected chi connectivity index (χ4v) is 2.42. The summed E-state index contributed by atoms with van der Waals surface area (Å²) in [6.07, 6.45) is 3.21. The van der Waals surface area contributed by atoms with Crippen molar-refractivity contribution in [3.05, 3.63) is 77.9 Å². The largest absolute Gasteiger partial charge is 0.368 e. The predicted octanol–water partition coefficient (Wildman–Crippen LogP) is 2.45. The topological polar surface area (TPSA) is 81.4 Å². The van der Waals surface area contributed by atoms with Gasteiger partial charge in [0, 0.05) is 7.11 Å². The van der Waals surface area contributed by atoms with Crippen LogP contribution in [0.2, 0.25) is 0 Å². The second-order valence-corrected chi connectivity index (χ2v) is 5.54. The molecule has 0 aliphatic rings. The number of hydrogen-bond donors (Lipinski definition) is 2. The van der Waals surface area contributed by atoms with Crippen molar-refractivity contribution in [3.8, 4) is 0 Å². The molecule has 0 spiro atoms. The van der Waals surface area contributed by atoms with Gasteiger partial charge in [0.15, 0.2) is 6.10 Å². The normalized spacial score (nSPS) is 13.3. The van der Waals surface area contributed by atoms with Gasteiger partial charge in [-0.2, -0.15) is 0 Å². The monoisotopic (exact) mass is 338 g/mol. The first-order valence-electron chi connectivity index (χ1n) is 8.01. The molecule has 5 nitrogen and oxygen atoms in total. The fourth-order valence-electron chi connectivity index (χ4n) is 2.42. The van der Waals surface area contributed by atoms with Crippen molar-refractivity contribution in [1.29, 1.82) is 0 Å². The molecule has 0 unspecified atom stereocenters. The second kappa shape index (κ2) is 9.39. The van der Waals surface area contributed by atoms with Gasteiger partial charge in [-0.3, -0.25) is 9.59 Å². The van der Waals surface area contributed by atoms with E-state index in [9.17, 15) is 9.59 Å². The summed E-state index contributed by atoms with van der Waals surface area (Å²) < 4.78 is 5.27. The maximum Gasteiger partial charge on any atom is 0.254 e. The smallest absolute Gasteiger partial charge is 0.254 e. The number of primary amides is 1. The molecule has 130 valence electrons. The molecular weight excluding hydrogens is 316 g/mol. The molecule has 0 radical (unpaired) electrons. The van der Waals surface area contributed by atoms with Gasteiger partial charge in [0.2, 0.25) is 5.91 Å². The highest BCUT2D eigenvalue weighted by Gasteiger charge is 2.24. The van der Waals surface area contributed by atoms with Crippen LogP contribution in [0.4, 0.5) is 0 Å². The van der Waals surface area contributed by atoms with E-state index in [4.69, 9.17) is 10.5 Å². The maximum absolute atomic E-state index is 12.5. The average molecular weight is 338 g/mol. The van der Waals surface area contributed by atoms with Crippen molar-refractivity contribution in [2.24, 2.45) is 5.73 Å². The fraction of sp³-hybridized carbons (Fsp3) is 0.200. The van der Waals surface area contributed by atoms with Crippen LogP contribution in [-0.2, 0) is 14.3 Å². The Morgan fingerprint density at radius 2 is 1.68 bits per heavy atom. The number of nitrogens with two attached hydrogens (primary N) is 1. The molecule has 0 bridgehead atoms. The molecule has 25 heavy (non-hydrogen) atoms. The Morgan fingerprint density at radius 3 is 2.24 bits per heavy atom. The van der Waals surface area contributed by atoms with Crippen LogP contribution in [0, 0.1) is 0 Å². The van der Waals surface area contributed by atoms with Crippen molar-refractivity contribution in [1.82, 2.24) is 5.32 Å². The lowest BCUT2D eigenvalue weighted by molar-refractivity contribution is -0.134. The molecule has 5 heteroatoms. The number of benzene rings is 2. The van der Waals surface area contributed by atoms with E-state index in [0.29, 0.717) is 12.0 Å². The highest BCUT2D eigenvalue weighted by Crippen LogP contribution is 2.16. The van der Waals surface area contributed by atoms with E-state index in [1.165, 1.54) is 7.11 Å². The van der Waals surface area contributed by atoms with Crippen LogP contribution >= 0.6 is 0 Å². The van der Waals surface area contributed by atoms with E-state index in [2.05, 4.69) is 5.32 Å². The van der Waals surface area contributed by atoms with Crippen molar-refractivity contribution >= 4 is 17.9 Å². The third kappa shape index (κ3) is 5.58. The molecule has 2 aromatic carbocycles. The summed E-state index contributed by atoms with van der Waals surface area (Å²) in [6, 6.07) is 18.0. The van der Waals surface area contributed by atoms with Gasteiger partial charge >= 0.3 is 0 Å². The summed E-state index contributed by atoms with van der Waals surface area (Å²) in [5, 5.41) is 2.66. The quantitative estimate of drug-likeness (QED) is 0.776. The first-order valence-corrected chi connectivity index (χ1v) is 8.01. The van der Waals surface area contributed by atoms with E-state index in [1.807, 2.05) is 60.7 Å². The molecule has 0 heterocycles. The highest BCUT2D eigenvalue weighted by molar-refractivity contribution is 5.89. The average Bonchev–Trinajstić information content (AvgIpc) is 2.63. The number of hydrogen-bond acceptors (Lipinski definition) is 3. The van der Waals surface area contributed by atoms with Crippen LogP contribution < -0.4 is 11.1 Å². The lowest BCUT2D eigenvalue weighted by atomic mass is 10.1. The van der Waals surface area contributed by atoms with Crippen molar-refractivity contribution in [3.63, 3.8) is 0 Å². The summed E-state index contributed by atoms with van der Waals surface area (Å²) in [6.45, 7) is 0. The Balaban J connectivity index is 2.01. The SMILES string of the molecule is CO[C@H](C(=O)N[C@H](C/C=C/c1ccccc1)C(N)=O)c1ccccc1. The number of carbonyl (C=O) groups excluding carboxylic acids is 2. The summed E-state index contributed by atoms with van der Waals surface area (Å²) in [5.74, 6) is -0.986. The molecule has 2 rings (SSSR count). The van der Waals surface area contributed by atoms with Gasteiger partial charge in [0.25, 0.3) is 5.91 Å². The van der Waals surface area contributed by atoms with E-state index >= 15 is 0 Å². The maximum atomic E-state index is 12.5. The van der Waals surface area contributed by atoms with Gasteiger partial charge in [0.1, 0.15) is 6.04 Å². The van der Waals surface area contributed by atoms with Gasteiger partial charge in [0.05, 0.1) is 0 Å². The zero-order valence-electron chi connectivity index (χ0n) is 14.1. The summed E-state index contributed by atoms with van der Waals surface area (Å²) in [5.41, 5.74) is 7.14. The number of methoxy groups -OCH3 is 1. The molecule has 3 N–H and O–H groups in total. The van der Waals surface area contributed by atoms with Crippen molar-refractivity contribution < 1.29 is 14.3 Å². The van der Waals surface area contributed by atoms with Crippen LogP contribution in [-0.4, -0.2) is 25.0 Å². The summed E-state index contributed by atoms with van der Waals surface area (Å²) >= 11 is 0. The third-order valence-corrected chi connectivity index (χ3v) is 3.72. The number of ether oxygens (including phenoxy) is 1. The Morgan fingerprint density at radius 1 is 1.08 bits per heavy atom.